The lowest BCUT2D eigenvalue weighted by Crippen LogP contribution is -2.41. The maximum atomic E-state index is 12.0. The monoisotopic (exact) mass is 431 g/mol. The average molecular weight is 431 g/mol. The van der Waals surface area contributed by atoms with Gasteiger partial charge in [0.2, 0.25) is 11.8 Å². The van der Waals surface area contributed by atoms with E-state index in [1.54, 1.807) is 17.3 Å². The Bertz CT molecular complexity index is 865. The fourth-order valence-electron chi connectivity index (χ4n) is 3.67. The summed E-state index contributed by atoms with van der Waals surface area (Å²) in [6.45, 7) is 6.75. The van der Waals surface area contributed by atoms with E-state index < -0.39 is 0 Å². The highest BCUT2D eigenvalue weighted by Crippen LogP contribution is 2.20. The molecule has 168 valence electrons. The minimum Gasteiger partial charge on any atom is -0.447 e. The molecular weight excluding hydrogens is 402 g/mol. The summed E-state index contributed by atoms with van der Waals surface area (Å²) in [4.78, 5) is 28.9. The van der Waals surface area contributed by atoms with Gasteiger partial charge in [-0.2, -0.15) is 4.98 Å². The maximum Gasteiger partial charge on any atom is 0.410 e. The van der Waals surface area contributed by atoms with Gasteiger partial charge in [0.15, 0.2) is 0 Å². The summed E-state index contributed by atoms with van der Waals surface area (Å²) in [5.41, 5.74) is 6.62. The fraction of sp³-hybridized carbons (Fsp3) is 0.650. The molecule has 0 saturated carbocycles. The van der Waals surface area contributed by atoms with Gasteiger partial charge in [0.1, 0.15) is 6.61 Å². The van der Waals surface area contributed by atoms with Crippen molar-refractivity contribution in [3.63, 3.8) is 0 Å². The number of piperidine rings is 1. The van der Waals surface area contributed by atoms with E-state index in [0.717, 1.165) is 32.4 Å². The van der Waals surface area contributed by atoms with E-state index in [9.17, 15) is 4.79 Å². The Morgan fingerprint density at radius 1 is 1.23 bits per heavy atom. The van der Waals surface area contributed by atoms with Crippen LogP contribution < -0.4 is 10.6 Å². The number of nitrogens with zero attached hydrogens (tertiary/aromatic N) is 6. The second-order valence-electron chi connectivity index (χ2n) is 8.21. The molecule has 4 rings (SSSR count). The quantitative estimate of drug-likeness (QED) is 0.719. The van der Waals surface area contributed by atoms with Crippen LogP contribution in [0.4, 0.5) is 10.7 Å². The van der Waals surface area contributed by atoms with Crippen molar-refractivity contribution in [2.24, 2.45) is 5.73 Å². The molecule has 2 aromatic rings. The molecule has 0 aromatic carbocycles. The number of hydrogen-bond acceptors (Lipinski definition) is 10. The second kappa shape index (κ2) is 9.56. The molecule has 4 heterocycles. The Labute approximate surface area is 180 Å². The third-order valence-electron chi connectivity index (χ3n) is 5.35. The first-order chi connectivity index (χ1) is 15.0. The Morgan fingerprint density at radius 2 is 1.97 bits per heavy atom. The SMILES string of the molecule is CC(C)OC(=O)N1CCC(OCc2nc(-c3cnc(N4CCC(N)C4)nc3)no2)CC1. The first-order valence-corrected chi connectivity index (χ1v) is 10.7. The van der Waals surface area contributed by atoms with Crippen LogP contribution in [0.2, 0.25) is 0 Å². The van der Waals surface area contributed by atoms with Crippen molar-refractivity contribution in [1.29, 1.82) is 0 Å². The molecule has 0 spiro atoms. The van der Waals surface area contributed by atoms with E-state index in [0.29, 0.717) is 36.3 Å². The zero-order chi connectivity index (χ0) is 21.8. The molecule has 1 amide bonds. The Morgan fingerprint density at radius 3 is 2.61 bits per heavy atom. The lowest BCUT2D eigenvalue weighted by molar-refractivity contribution is -0.0147. The summed E-state index contributed by atoms with van der Waals surface area (Å²) in [5, 5.41) is 4.00. The van der Waals surface area contributed by atoms with Crippen molar-refractivity contribution < 1.29 is 18.8 Å². The average Bonchev–Trinajstić information content (AvgIpc) is 3.41. The van der Waals surface area contributed by atoms with Gasteiger partial charge in [-0.25, -0.2) is 14.8 Å². The van der Waals surface area contributed by atoms with Crippen LogP contribution in [-0.4, -0.2) is 75.5 Å². The van der Waals surface area contributed by atoms with Crippen molar-refractivity contribution >= 4 is 12.0 Å². The number of likely N-dealkylation sites (tertiary alicyclic amines) is 1. The topological polar surface area (TPSA) is 133 Å². The molecule has 0 aliphatic carbocycles. The van der Waals surface area contributed by atoms with Crippen LogP contribution in [0.3, 0.4) is 0 Å². The van der Waals surface area contributed by atoms with Crippen LogP contribution >= 0.6 is 0 Å². The van der Waals surface area contributed by atoms with Crippen LogP contribution in [0.1, 0.15) is 39.0 Å². The Hall–Kier alpha value is -2.79. The molecule has 11 nitrogen and oxygen atoms in total. The summed E-state index contributed by atoms with van der Waals surface area (Å²) in [6.07, 6.45) is 5.45. The molecule has 0 radical (unpaired) electrons. The third kappa shape index (κ3) is 5.47. The van der Waals surface area contributed by atoms with Crippen molar-refractivity contribution in [3.8, 4) is 11.4 Å². The zero-order valence-corrected chi connectivity index (χ0v) is 17.9. The van der Waals surface area contributed by atoms with E-state index in [1.165, 1.54) is 0 Å². The largest absolute Gasteiger partial charge is 0.447 e. The number of anilines is 1. The summed E-state index contributed by atoms with van der Waals surface area (Å²) in [5.74, 6) is 1.48. The minimum absolute atomic E-state index is 0.0351. The molecule has 2 aromatic heterocycles. The number of rotatable bonds is 6. The van der Waals surface area contributed by atoms with Gasteiger partial charge in [-0.15, -0.1) is 0 Å². The van der Waals surface area contributed by atoms with E-state index in [4.69, 9.17) is 19.7 Å². The van der Waals surface area contributed by atoms with Crippen LogP contribution in [0, 0.1) is 0 Å². The van der Waals surface area contributed by atoms with E-state index in [1.807, 2.05) is 13.8 Å². The molecule has 2 aliphatic heterocycles. The number of nitrogens with two attached hydrogens (primary N) is 1. The third-order valence-corrected chi connectivity index (χ3v) is 5.35. The number of carbonyl (C=O) groups excluding carboxylic acids is 1. The van der Waals surface area contributed by atoms with E-state index >= 15 is 0 Å². The van der Waals surface area contributed by atoms with Gasteiger partial charge in [0, 0.05) is 44.6 Å². The van der Waals surface area contributed by atoms with Crippen molar-refractivity contribution in [1.82, 2.24) is 25.0 Å². The van der Waals surface area contributed by atoms with Gasteiger partial charge >= 0.3 is 6.09 Å². The summed E-state index contributed by atoms with van der Waals surface area (Å²) < 4.78 is 16.4. The summed E-state index contributed by atoms with van der Waals surface area (Å²) in [7, 11) is 0. The van der Waals surface area contributed by atoms with Gasteiger partial charge in [0.05, 0.1) is 17.8 Å². The van der Waals surface area contributed by atoms with Crippen molar-refractivity contribution in [3.05, 3.63) is 18.3 Å². The summed E-state index contributed by atoms with van der Waals surface area (Å²) >= 11 is 0. The molecule has 0 bridgehead atoms. The Balaban J connectivity index is 1.25. The Kier molecular flexibility index (Phi) is 6.62. The van der Waals surface area contributed by atoms with E-state index in [-0.39, 0.29) is 30.9 Å². The van der Waals surface area contributed by atoms with Crippen LogP contribution in [0.15, 0.2) is 16.9 Å². The lowest BCUT2D eigenvalue weighted by atomic mass is 10.1. The number of amides is 1. The van der Waals surface area contributed by atoms with Gasteiger partial charge in [-0.05, 0) is 33.1 Å². The lowest BCUT2D eigenvalue weighted by Gasteiger charge is -2.31. The molecule has 11 heteroatoms. The molecule has 31 heavy (non-hydrogen) atoms. The molecule has 2 fully saturated rings. The normalized spacial score (nSPS) is 19.9. The molecule has 2 saturated heterocycles. The minimum atomic E-state index is -0.268. The molecule has 1 unspecified atom stereocenters. The number of hydrogen-bond donors (Lipinski definition) is 1. The highest BCUT2D eigenvalue weighted by atomic mass is 16.6. The number of ether oxygens (including phenoxy) is 2. The first-order valence-electron chi connectivity index (χ1n) is 10.7. The standard InChI is InChI=1S/C20H29N7O4/c1-13(2)30-20(28)26-7-4-16(5-8-26)29-12-17-24-18(25-31-17)14-9-22-19(23-10-14)27-6-3-15(21)11-27/h9-10,13,15-16H,3-8,11-12,21H2,1-2H3. The molecular formula is C20H29N7O4. The highest BCUT2D eigenvalue weighted by molar-refractivity contribution is 5.67. The molecule has 2 N–H and O–H groups in total. The number of carbonyl (C=O) groups is 1. The first kappa shape index (κ1) is 21.4. The smallest absolute Gasteiger partial charge is 0.410 e. The predicted molar refractivity (Wildman–Crippen MR) is 111 cm³/mol. The van der Waals surface area contributed by atoms with Gasteiger partial charge < -0.3 is 29.5 Å². The number of aromatic nitrogens is 4. The zero-order valence-electron chi connectivity index (χ0n) is 17.9. The van der Waals surface area contributed by atoms with Crippen molar-refractivity contribution in [2.45, 2.75) is 58.0 Å². The summed E-state index contributed by atoms with van der Waals surface area (Å²) in [6, 6.07) is 0.170. The van der Waals surface area contributed by atoms with Gasteiger partial charge in [-0.3, -0.25) is 0 Å². The molecule has 1 atom stereocenters. The molecule has 2 aliphatic rings. The van der Waals surface area contributed by atoms with E-state index in [2.05, 4.69) is 25.0 Å². The second-order valence-corrected chi connectivity index (χ2v) is 8.21. The van der Waals surface area contributed by atoms with Crippen LogP contribution in [-0.2, 0) is 16.1 Å². The van der Waals surface area contributed by atoms with Crippen LogP contribution in [0.25, 0.3) is 11.4 Å². The van der Waals surface area contributed by atoms with Gasteiger partial charge in [0.25, 0.3) is 5.89 Å². The van der Waals surface area contributed by atoms with Crippen molar-refractivity contribution in [2.75, 3.05) is 31.1 Å². The fourth-order valence-corrected chi connectivity index (χ4v) is 3.67. The highest BCUT2D eigenvalue weighted by Gasteiger charge is 2.25. The van der Waals surface area contributed by atoms with Gasteiger partial charge in [-0.1, -0.05) is 5.16 Å². The van der Waals surface area contributed by atoms with Crippen LogP contribution in [0.5, 0.6) is 0 Å². The maximum absolute atomic E-state index is 12.0. The predicted octanol–water partition coefficient (Wildman–Crippen LogP) is 1.59.